The number of hydrogen-bond acceptors (Lipinski definition) is 3. The number of amides is 1. The summed E-state index contributed by atoms with van der Waals surface area (Å²) in [6, 6.07) is 0.245. The number of ether oxygens (including phenoxy) is 1. The summed E-state index contributed by atoms with van der Waals surface area (Å²) in [6.45, 7) is 3.65. The van der Waals surface area contributed by atoms with E-state index in [1.54, 1.807) is 0 Å². The molecule has 88 valence electrons. The fourth-order valence-corrected chi connectivity index (χ4v) is 2.74. The van der Waals surface area contributed by atoms with E-state index in [9.17, 15) is 4.79 Å². The lowest BCUT2D eigenvalue weighted by Gasteiger charge is -2.24. The number of hydrogen-bond donors (Lipinski definition) is 2. The zero-order chi connectivity index (χ0) is 11.1. The van der Waals surface area contributed by atoms with Crippen molar-refractivity contribution in [3.05, 3.63) is 11.1 Å². The summed E-state index contributed by atoms with van der Waals surface area (Å²) in [4.78, 5) is 12.0. The van der Waals surface area contributed by atoms with Crippen molar-refractivity contribution in [1.29, 1.82) is 0 Å². The van der Waals surface area contributed by atoms with E-state index in [2.05, 4.69) is 10.6 Å². The van der Waals surface area contributed by atoms with Crippen LogP contribution in [0.1, 0.15) is 26.2 Å². The average molecular weight is 222 g/mol. The van der Waals surface area contributed by atoms with E-state index in [1.165, 1.54) is 12.0 Å². The van der Waals surface area contributed by atoms with E-state index >= 15 is 0 Å². The largest absolute Gasteiger partial charge is 0.373 e. The Labute approximate surface area is 95.4 Å². The Kier molecular flexibility index (Phi) is 2.48. The van der Waals surface area contributed by atoms with Crippen LogP contribution in [0.15, 0.2) is 11.1 Å². The molecule has 3 aliphatic heterocycles. The summed E-state index contributed by atoms with van der Waals surface area (Å²) in [6.07, 6.45) is 3.94. The van der Waals surface area contributed by atoms with Gasteiger partial charge in [0.05, 0.1) is 18.2 Å². The molecule has 2 bridgehead atoms. The van der Waals surface area contributed by atoms with Crippen molar-refractivity contribution in [2.45, 2.75) is 44.4 Å². The van der Waals surface area contributed by atoms with Crippen LogP contribution in [0, 0.1) is 0 Å². The second kappa shape index (κ2) is 3.86. The molecule has 3 aliphatic rings. The van der Waals surface area contributed by atoms with E-state index in [0.717, 1.165) is 31.5 Å². The van der Waals surface area contributed by atoms with Gasteiger partial charge in [0.1, 0.15) is 0 Å². The molecule has 3 saturated heterocycles. The predicted octanol–water partition coefficient (Wildman–Crippen LogP) is 0.342. The minimum absolute atomic E-state index is 0.0950. The van der Waals surface area contributed by atoms with Gasteiger partial charge in [-0.2, -0.15) is 0 Å². The molecule has 0 saturated carbocycles. The number of rotatable bonds is 2. The molecule has 16 heavy (non-hydrogen) atoms. The van der Waals surface area contributed by atoms with E-state index in [4.69, 9.17) is 4.74 Å². The molecular weight excluding hydrogens is 204 g/mol. The van der Waals surface area contributed by atoms with Crippen LogP contribution in [0.4, 0.5) is 0 Å². The molecule has 0 aliphatic carbocycles. The first-order valence-electron chi connectivity index (χ1n) is 6.09. The van der Waals surface area contributed by atoms with E-state index in [0.29, 0.717) is 6.10 Å². The topological polar surface area (TPSA) is 50.4 Å². The highest BCUT2D eigenvalue weighted by molar-refractivity contribution is 5.94. The first kappa shape index (κ1) is 10.3. The van der Waals surface area contributed by atoms with Crippen LogP contribution in [0.5, 0.6) is 0 Å². The van der Waals surface area contributed by atoms with Gasteiger partial charge in [0.25, 0.3) is 0 Å². The maximum absolute atomic E-state index is 12.0. The van der Waals surface area contributed by atoms with Crippen LogP contribution in [-0.4, -0.2) is 37.2 Å². The molecule has 3 fully saturated rings. The van der Waals surface area contributed by atoms with Gasteiger partial charge in [-0.15, -0.1) is 0 Å². The molecule has 0 aromatic carbocycles. The van der Waals surface area contributed by atoms with Gasteiger partial charge in [-0.05, 0) is 31.8 Å². The van der Waals surface area contributed by atoms with Crippen LogP contribution >= 0.6 is 0 Å². The summed E-state index contributed by atoms with van der Waals surface area (Å²) < 4.78 is 5.72. The molecule has 0 spiro atoms. The Hall–Kier alpha value is -0.870. The summed E-state index contributed by atoms with van der Waals surface area (Å²) in [7, 11) is 0. The zero-order valence-corrected chi connectivity index (χ0v) is 9.58. The minimum atomic E-state index is 0.0950. The highest BCUT2D eigenvalue weighted by Gasteiger charge is 2.41. The monoisotopic (exact) mass is 222 g/mol. The van der Waals surface area contributed by atoms with Crippen LogP contribution in [0.25, 0.3) is 0 Å². The third kappa shape index (κ3) is 1.66. The van der Waals surface area contributed by atoms with E-state index in [-0.39, 0.29) is 18.1 Å². The van der Waals surface area contributed by atoms with Crippen molar-refractivity contribution in [2.75, 3.05) is 13.1 Å². The summed E-state index contributed by atoms with van der Waals surface area (Å²) in [5, 5.41) is 6.26. The summed E-state index contributed by atoms with van der Waals surface area (Å²) in [5.74, 6) is 0.0950. The third-order valence-corrected chi connectivity index (χ3v) is 3.97. The molecule has 4 nitrogen and oxygen atoms in total. The van der Waals surface area contributed by atoms with Crippen molar-refractivity contribution in [1.82, 2.24) is 10.6 Å². The van der Waals surface area contributed by atoms with Gasteiger partial charge < -0.3 is 15.4 Å². The molecule has 0 aromatic rings. The molecule has 3 rings (SSSR count). The highest BCUT2D eigenvalue weighted by atomic mass is 16.5. The molecule has 4 heteroatoms. The lowest BCUT2D eigenvalue weighted by Crippen LogP contribution is -2.43. The standard InChI is InChI=1S/C12H18N2O2/c1-7(8-5-13-6-8)12(15)14-10-4-9-2-3-11(10)16-9/h9-11,13H,2-6H2,1H3,(H,14,15). The van der Waals surface area contributed by atoms with E-state index in [1.807, 2.05) is 6.92 Å². The molecule has 3 unspecified atom stereocenters. The Bertz CT molecular complexity index is 345. The normalized spacial score (nSPS) is 36.1. The quantitative estimate of drug-likeness (QED) is 0.663. The molecule has 1 amide bonds. The number of carbonyl (C=O) groups excluding carboxylic acids is 1. The lowest BCUT2D eigenvalue weighted by molar-refractivity contribution is -0.118. The molecular formula is C12H18N2O2. The summed E-state index contributed by atoms with van der Waals surface area (Å²) in [5.41, 5.74) is 2.13. The molecule has 2 N–H and O–H groups in total. The Morgan fingerprint density at radius 2 is 2.25 bits per heavy atom. The molecule has 3 heterocycles. The zero-order valence-electron chi connectivity index (χ0n) is 9.58. The van der Waals surface area contributed by atoms with Gasteiger partial charge in [-0.1, -0.05) is 0 Å². The fourth-order valence-electron chi connectivity index (χ4n) is 2.74. The first-order valence-corrected chi connectivity index (χ1v) is 6.09. The van der Waals surface area contributed by atoms with Crippen LogP contribution in [0.2, 0.25) is 0 Å². The van der Waals surface area contributed by atoms with Crippen molar-refractivity contribution in [3.63, 3.8) is 0 Å². The average Bonchev–Trinajstić information content (AvgIpc) is 2.76. The van der Waals surface area contributed by atoms with Crippen molar-refractivity contribution in [2.24, 2.45) is 0 Å². The van der Waals surface area contributed by atoms with Gasteiger partial charge in [0.2, 0.25) is 5.91 Å². The smallest absolute Gasteiger partial charge is 0.247 e. The first-order chi connectivity index (χ1) is 7.74. The van der Waals surface area contributed by atoms with Gasteiger partial charge in [-0.25, -0.2) is 0 Å². The van der Waals surface area contributed by atoms with Gasteiger partial charge in [-0.3, -0.25) is 4.79 Å². The van der Waals surface area contributed by atoms with Crippen molar-refractivity contribution >= 4 is 5.91 Å². The number of carbonyl (C=O) groups is 1. The Balaban J connectivity index is 1.61. The second-order valence-corrected chi connectivity index (χ2v) is 5.02. The Morgan fingerprint density at radius 3 is 2.75 bits per heavy atom. The third-order valence-electron chi connectivity index (χ3n) is 3.97. The molecule has 0 radical (unpaired) electrons. The van der Waals surface area contributed by atoms with E-state index < -0.39 is 0 Å². The maximum Gasteiger partial charge on any atom is 0.247 e. The highest BCUT2D eigenvalue weighted by Crippen LogP contribution is 2.34. The second-order valence-electron chi connectivity index (χ2n) is 5.02. The number of fused-ring (bicyclic) bond motifs is 2. The number of nitrogens with one attached hydrogen (secondary N) is 2. The van der Waals surface area contributed by atoms with Gasteiger partial charge in [0.15, 0.2) is 0 Å². The molecule has 0 aromatic heterocycles. The van der Waals surface area contributed by atoms with Crippen molar-refractivity contribution in [3.8, 4) is 0 Å². The van der Waals surface area contributed by atoms with Gasteiger partial charge >= 0.3 is 0 Å². The fraction of sp³-hybridized carbons (Fsp3) is 0.750. The molecule has 3 atom stereocenters. The van der Waals surface area contributed by atoms with Crippen molar-refractivity contribution < 1.29 is 9.53 Å². The van der Waals surface area contributed by atoms with Crippen LogP contribution in [-0.2, 0) is 9.53 Å². The van der Waals surface area contributed by atoms with Crippen LogP contribution < -0.4 is 10.6 Å². The predicted molar refractivity (Wildman–Crippen MR) is 60.0 cm³/mol. The van der Waals surface area contributed by atoms with Gasteiger partial charge in [0, 0.05) is 18.7 Å². The minimum Gasteiger partial charge on any atom is -0.373 e. The Morgan fingerprint density at radius 1 is 1.44 bits per heavy atom. The summed E-state index contributed by atoms with van der Waals surface area (Å²) >= 11 is 0. The maximum atomic E-state index is 12.0. The SMILES string of the molecule is CC(C(=O)NC1CC2CCC1O2)=C1CNC1. The lowest BCUT2D eigenvalue weighted by atomic mass is 9.95. The van der Waals surface area contributed by atoms with Crippen LogP contribution in [0.3, 0.4) is 0 Å².